The van der Waals surface area contributed by atoms with Crippen molar-refractivity contribution in [2.45, 2.75) is 13.3 Å². The van der Waals surface area contributed by atoms with Gasteiger partial charge in [0, 0.05) is 13.1 Å². The Bertz CT molecular complexity index is 394. The van der Waals surface area contributed by atoms with E-state index in [0.717, 1.165) is 13.0 Å². The molecule has 0 aromatic heterocycles. The fraction of sp³-hybridized carbons (Fsp3) is 0.462. The van der Waals surface area contributed by atoms with Gasteiger partial charge in [-0.3, -0.25) is 4.79 Å². The second-order valence-corrected chi connectivity index (χ2v) is 3.89. The summed E-state index contributed by atoms with van der Waals surface area (Å²) >= 11 is 0. The highest BCUT2D eigenvalue weighted by molar-refractivity contribution is 5.97. The van der Waals surface area contributed by atoms with Crippen LogP contribution in [0.3, 0.4) is 0 Å². The van der Waals surface area contributed by atoms with E-state index in [2.05, 4.69) is 17.6 Å². The van der Waals surface area contributed by atoms with Gasteiger partial charge in [-0.15, -0.1) is 0 Å². The van der Waals surface area contributed by atoms with Crippen molar-refractivity contribution in [1.29, 1.82) is 0 Å². The summed E-state index contributed by atoms with van der Waals surface area (Å²) in [5.74, 6) is 0.196. The predicted molar refractivity (Wildman–Crippen MR) is 70.2 cm³/mol. The molecular formula is C13H20N2O3. The zero-order chi connectivity index (χ0) is 13.4. The van der Waals surface area contributed by atoms with Crippen LogP contribution in [0.4, 0.5) is 0 Å². The average molecular weight is 252 g/mol. The highest BCUT2D eigenvalue weighted by Gasteiger charge is 2.11. The minimum atomic E-state index is -0.301. The summed E-state index contributed by atoms with van der Waals surface area (Å²) in [6.45, 7) is 4.25. The Morgan fingerprint density at radius 2 is 2.11 bits per heavy atom. The molecule has 3 N–H and O–H groups in total. The molecule has 0 spiro atoms. The van der Waals surface area contributed by atoms with Crippen LogP contribution in [-0.4, -0.2) is 37.8 Å². The van der Waals surface area contributed by atoms with Crippen molar-refractivity contribution in [1.82, 2.24) is 10.6 Å². The van der Waals surface area contributed by atoms with Crippen LogP contribution in [0.25, 0.3) is 0 Å². The van der Waals surface area contributed by atoms with Crippen molar-refractivity contribution in [2.24, 2.45) is 0 Å². The monoisotopic (exact) mass is 252 g/mol. The van der Waals surface area contributed by atoms with Crippen molar-refractivity contribution >= 4 is 5.91 Å². The molecule has 0 bridgehead atoms. The van der Waals surface area contributed by atoms with Crippen molar-refractivity contribution in [2.75, 3.05) is 26.7 Å². The van der Waals surface area contributed by atoms with Crippen molar-refractivity contribution < 1.29 is 14.6 Å². The molecule has 0 aliphatic rings. The molecule has 0 aliphatic carbocycles. The molecule has 1 aromatic carbocycles. The van der Waals surface area contributed by atoms with Crippen LogP contribution in [0, 0.1) is 0 Å². The smallest absolute Gasteiger partial charge is 0.255 e. The number of aromatic hydroxyl groups is 1. The van der Waals surface area contributed by atoms with Gasteiger partial charge in [0.2, 0.25) is 0 Å². The van der Waals surface area contributed by atoms with Gasteiger partial charge in [-0.2, -0.15) is 0 Å². The minimum Gasteiger partial charge on any atom is -0.507 e. The summed E-state index contributed by atoms with van der Waals surface area (Å²) in [7, 11) is 1.52. The molecule has 100 valence electrons. The average Bonchev–Trinajstić information content (AvgIpc) is 2.39. The van der Waals surface area contributed by atoms with Crippen molar-refractivity contribution in [3.8, 4) is 11.5 Å². The number of carbonyl (C=O) groups is 1. The van der Waals surface area contributed by atoms with Crippen LogP contribution < -0.4 is 15.4 Å². The first-order valence-corrected chi connectivity index (χ1v) is 6.05. The third-order valence-corrected chi connectivity index (χ3v) is 2.46. The Kier molecular flexibility index (Phi) is 6.00. The third-order valence-electron chi connectivity index (χ3n) is 2.46. The Labute approximate surface area is 107 Å². The number of benzene rings is 1. The van der Waals surface area contributed by atoms with Gasteiger partial charge in [-0.25, -0.2) is 0 Å². The summed E-state index contributed by atoms with van der Waals surface area (Å²) in [6, 6.07) is 4.57. The maximum Gasteiger partial charge on any atom is 0.255 e. The number of methoxy groups -OCH3 is 1. The lowest BCUT2D eigenvalue weighted by molar-refractivity contribution is 0.0951. The fourth-order valence-electron chi connectivity index (χ4n) is 1.49. The number of carbonyl (C=O) groups excluding carboxylic acids is 1. The second kappa shape index (κ2) is 7.55. The van der Waals surface area contributed by atoms with E-state index in [1.54, 1.807) is 6.07 Å². The molecule has 0 saturated heterocycles. The van der Waals surface area contributed by atoms with E-state index in [1.807, 2.05) is 0 Å². The van der Waals surface area contributed by atoms with Gasteiger partial charge in [-0.1, -0.05) is 6.92 Å². The summed E-state index contributed by atoms with van der Waals surface area (Å²) < 4.78 is 5.01. The number of hydrogen-bond donors (Lipinski definition) is 3. The number of phenols is 1. The lowest BCUT2D eigenvalue weighted by atomic mass is 10.1. The van der Waals surface area contributed by atoms with Crippen LogP contribution in [-0.2, 0) is 0 Å². The van der Waals surface area contributed by atoms with E-state index in [4.69, 9.17) is 4.74 Å². The molecule has 1 rings (SSSR count). The normalized spacial score (nSPS) is 10.1. The van der Waals surface area contributed by atoms with Gasteiger partial charge in [0.25, 0.3) is 5.91 Å². The molecule has 0 heterocycles. The highest BCUT2D eigenvalue weighted by atomic mass is 16.5. The molecule has 0 atom stereocenters. The fourth-order valence-corrected chi connectivity index (χ4v) is 1.49. The number of ether oxygens (including phenoxy) is 1. The topological polar surface area (TPSA) is 70.6 Å². The predicted octanol–water partition coefficient (Wildman–Crippen LogP) is 1.13. The van der Waals surface area contributed by atoms with Crippen LogP contribution in [0.1, 0.15) is 23.7 Å². The molecule has 0 aliphatic heterocycles. The lowest BCUT2D eigenvalue weighted by Gasteiger charge is -2.08. The number of amides is 1. The molecule has 0 radical (unpaired) electrons. The first-order valence-electron chi connectivity index (χ1n) is 6.05. The SMILES string of the molecule is CCCNCCNC(=O)c1cc(OC)ccc1O. The van der Waals surface area contributed by atoms with E-state index in [9.17, 15) is 9.90 Å². The van der Waals surface area contributed by atoms with Gasteiger partial charge < -0.3 is 20.5 Å². The third kappa shape index (κ3) is 4.25. The van der Waals surface area contributed by atoms with Gasteiger partial charge in [0.15, 0.2) is 0 Å². The van der Waals surface area contributed by atoms with E-state index < -0.39 is 0 Å². The Hall–Kier alpha value is -1.75. The van der Waals surface area contributed by atoms with Crippen LogP contribution >= 0.6 is 0 Å². The Morgan fingerprint density at radius 1 is 1.33 bits per heavy atom. The number of phenolic OH excluding ortho intramolecular Hbond substituents is 1. The minimum absolute atomic E-state index is 0.0465. The molecule has 18 heavy (non-hydrogen) atoms. The summed E-state index contributed by atoms with van der Waals surface area (Å²) in [4.78, 5) is 11.8. The quantitative estimate of drug-likeness (QED) is 0.636. The zero-order valence-corrected chi connectivity index (χ0v) is 10.8. The first-order chi connectivity index (χ1) is 8.69. The Morgan fingerprint density at radius 3 is 2.78 bits per heavy atom. The van der Waals surface area contributed by atoms with Crippen LogP contribution in [0.2, 0.25) is 0 Å². The molecule has 1 amide bonds. The van der Waals surface area contributed by atoms with Gasteiger partial charge in [0.05, 0.1) is 12.7 Å². The van der Waals surface area contributed by atoms with Crippen LogP contribution in [0.5, 0.6) is 11.5 Å². The van der Waals surface area contributed by atoms with E-state index >= 15 is 0 Å². The maximum absolute atomic E-state index is 11.8. The zero-order valence-electron chi connectivity index (χ0n) is 10.8. The second-order valence-electron chi connectivity index (χ2n) is 3.89. The number of nitrogens with one attached hydrogen (secondary N) is 2. The van der Waals surface area contributed by atoms with E-state index in [0.29, 0.717) is 18.8 Å². The van der Waals surface area contributed by atoms with Gasteiger partial charge in [-0.05, 0) is 31.2 Å². The largest absolute Gasteiger partial charge is 0.507 e. The molecule has 5 nitrogen and oxygen atoms in total. The Balaban J connectivity index is 2.50. The van der Waals surface area contributed by atoms with Crippen LogP contribution in [0.15, 0.2) is 18.2 Å². The number of hydrogen-bond acceptors (Lipinski definition) is 4. The molecule has 0 unspecified atom stereocenters. The molecule has 0 saturated carbocycles. The van der Waals surface area contributed by atoms with Gasteiger partial charge >= 0.3 is 0 Å². The highest BCUT2D eigenvalue weighted by Crippen LogP contribution is 2.22. The van der Waals surface area contributed by atoms with Gasteiger partial charge in [0.1, 0.15) is 11.5 Å². The molecule has 1 aromatic rings. The summed E-state index contributed by atoms with van der Waals surface area (Å²) in [5.41, 5.74) is 0.227. The lowest BCUT2D eigenvalue weighted by Crippen LogP contribution is -2.32. The number of rotatable bonds is 7. The molecule has 0 fully saturated rings. The van der Waals surface area contributed by atoms with E-state index in [1.165, 1.54) is 19.2 Å². The van der Waals surface area contributed by atoms with E-state index in [-0.39, 0.29) is 17.2 Å². The summed E-state index contributed by atoms with van der Waals surface area (Å²) in [5, 5.41) is 15.5. The first kappa shape index (κ1) is 14.3. The van der Waals surface area contributed by atoms with Crippen molar-refractivity contribution in [3.63, 3.8) is 0 Å². The summed E-state index contributed by atoms with van der Waals surface area (Å²) in [6.07, 6.45) is 1.06. The standard InChI is InChI=1S/C13H20N2O3/c1-3-6-14-7-8-15-13(17)11-9-10(18-2)4-5-12(11)16/h4-5,9,14,16H,3,6-8H2,1-2H3,(H,15,17). The maximum atomic E-state index is 11.8. The molecule has 5 heteroatoms. The molecular weight excluding hydrogens is 232 g/mol. The van der Waals surface area contributed by atoms with Crippen molar-refractivity contribution in [3.05, 3.63) is 23.8 Å².